The Morgan fingerprint density at radius 2 is 1.71 bits per heavy atom. The lowest BCUT2D eigenvalue weighted by atomic mass is 9.84. The van der Waals surface area contributed by atoms with Crippen LogP contribution in [-0.4, -0.2) is 6.54 Å². The van der Waals surface area contributed by atoms with Crippen molar-refractivity contribution in [2.75, 3.05) is 6.54 Å². The maximum atomic E-state index is 3.42. The zero-order chi connectivity index (χ0) is 16.5. The van der Waals surface area contributed by atoms with E-state index < -0.39 is 0 Å². The summed E-state index contributed by atoms with van der Waals surface area (Å²) >= 11 is 0. The monoisotopic (exact) mass is 291 g/mol. The molecule has 1 heteroatoms. The van der Waals surface area contributed by atoms with Gasteiger partial charge in [-0.3, -0.25) is 0 Å². The Morgan fingerprint density at radius 1 is 1.10 bits per heavy atom. The highest BCUT2D eigenvalue weighted by Gasteiger charge is 2.14. The highest BCUT2D eigenvalue weighted by molar-refractivity contribution is 5.22. The summed E-state index contributed by atoms with van der Waals surface area (Å²) in [6, 6.07) is 0. The molecule has 0 spiro atoms. The number of hydrogen-bond acceptors (Lipinski definition) is 1. The largest absolute Gasteiger partial charge is 0.391 e. The quantitative estimate of drug-likeness (QED) is 0.317. The van der Waals surface area contributed by atoms with Gasteiger partial charge in [0.1, 0.15) is 0 Å². The van der Waals surface area contributed by atoms with Gasteiger partial charge in [-0.2, -0.15) is 0 Å². The molecule has 0 aliphatic heterocycles. The second-order valence-corrected chi connectivity index (χ2v) is 7.50. The van der Waals surface area contributed by atoms with Crippen LogP contribution < -0.4 is 5.32 Å². The van der Waals surface area contributed by atoms with Crippen LogP contribution in [0.15, 0.2) is 35.1 Å². The van der Waals surface area contributed by atoms with E-state index in [0.717, 1.165) is 18.9 Å². The van der Waals surface area contributed by atoms with Crippen LogP contribution in [0.5, 0.6) is 0 Å². The lowest BCUT2D eigenvalue weighted by Crippen LogP contribution is -2.15. The van der Waals surface area contributed by atoms with Crippen molar-refractivity contribution < 1.29 is 0 Å². The Morgan fingerprint density at radius 3 is 2.19 bits per heavy atom. The molecule has 0 amide bonds. The Bertz CT molecular complexity index is 375. The van der Waals surface area contributed by atoms with Crippen molar-refractivity contribution in [1.82, 2.24) is 5.32 Å². The predicted molar refractivity (Wildman–Crippen MR) is 97.4 cm³/mol. The van der Waals surface area contributed by atoms with Gasteiger partial charge in [0, 0.05) is 6.54 Å². The van der Waals surface area contributed by atoms with Gasteiger partial charge in [0.2, 0.25) is 0 Å². The zero-order valence-corrected chi connectivity index (χ0v) is 15.6. The number of rotatable bonds is 8. The summed E-state index contributed by atoms with van der Waals surface area (Å²) in [5.74, 6) is 0.784. The lowest BCUT2D eigenvalue weighted by Gasteiger charge is -2.23. The summed E-state index contributed by atoms with van der Waals surface area (Å²) in [5.41, 5.74) is 4.70. The van der Waals surface area contributed by atoms with Crippen LogP contribution in [0.4, 0.5) is 0 Å². The molecule has 122 valence electrons. The molecule has 1 nitrogen and oxygen atoms in total. The number of hydrogen-bond donors (Lipinski definition) is 1. The van der Waals surface area contributed by atoms with Gasteiger partial charge in [-0.1, -0.05) is 57.4 Å². The standard InChI is InChI=1S/C20H37N/c1-9-19(20(6,7)8)13-15-21-14-12-18(5)17(4)11-10-16(2)3/h9,12,14,16,21H,10-11,13,15H2,1-8H3/b14-12-,18-17-,19-9-. The van der Waals surface area contributed by atoms with E-state index in [1.54, 1.807) is 0 Å². The van der Waals surface area contributed by atoms with Crippen LogP contribution in [0.2, 0.25) is 0 Å². The highest BCUT2D eigenvalue weighted by Crippen LogP contribution is 2.27. The van der Waals surface area contributed by atoms with E-state index >= 15 is 0 Å². The van der Waals surface area contributed by atoms with E-state index in [0.29, 0.717) is 0 Å². The smallest absolute Gasteiger partial charge is 0.0178 e. The van der Waals surface area contributed by atoms with Gasteiger partial charge in [-0.15, -0.1) is 0 Å². The zero-order valence-electron chi connectivity index (χ0n) is 15.6. The molecule has 0 aromatic heterocycles. The summed E-state index contributed by atoms with van der Waals surface area (Å²) in [6.45, 7) is 19.0. The average molecular weight is 292 g/mol. The van der Waals surface area contributed by atoms with E-state index in [2.05, 4.69) is 79.1 Å². The second kappa shape index (κ2) is 9.87. The molecule has 0 bridgehead atoms. The Balaban J connectivity index is 4.20. The molecule has 0 aliphatic carbocycles. The van der Waals surface area contributed by atoms with Crippen molar-refractivity contribution >= 4 is 0 Å². The SMILES string of the molecule is C/C=C(/CCN/C=C\C(C)=C(\C)CCC(C)C)C(C)(C)C. The molecular weight excluding hydrogens is 254 g/mol. The molecule has 0 radical (unpaired) electrons. The van der Waals surface area contributed by atoms with Crippen LogP contribution in [-0.2, 0) is 0 Å². The molecular formula is C20H37N. The second-order valence-electron chi connectivity index (χ2n) is 7.50. The topological polar surface area (TPSA) is 12.0 Å². The third-order valence-electron chi connectivity index (χ3n) is 4.07. The summed E-state index contributed by atoms with van der Waals surface area (Å²) in [6.07, 6.45) is 10.2. The van der Waals surface area contributed by atoms with Gasteiger partial charge in [-0.25, -0.2) is 0 Å². The summed E-state index contributed by atoms with van der Waals surface area (Å²) in [5, 5.41) is 3.42. The van der Waals surface area contributed by atoms with Crippen molar-refractivity contribution in [3.8, 4) is 0 Å². The first kappa shape index (κ1) is 20.0. The summed E-state index contributed by atoms with van der Waals surface area (Å²) < 4.78 is 0. The molecule has 21 heavy (non-hydrogen) atoms. The first-order valence-electron chi connectivity index (χ1n) is 8.40. The minimum absolute atomic E-state index is 0.281. The number of nitrogens with one attached hydrogen (secondary N) is 1. The normalized spacial score (nSPS) is 14.8. The molecule has 0 atom stereocenters. The van der Waals surface area contributed by atoms with E-state index in [9.17, 15) is 0 Å². The van der Waals surface area contributed by atoms with Crippen LogP contribution in [0, 0.1) is 11.3 Å². The maximum Gasteiger partial charge on any atom is 0.0178 e. The van der Waals surface area contributed by atoms with Gasteiger partial charge in [0.15, 0.2) is 0 Å². The fraction of sp³-hybridized carbons (Fsp3) is 0.700. The van der Waals surface area contributed by atoms with E-state index in [4.69, 9.17) is 0 Å². The molecule has 0 aliphatic rings. The van der Waals surface area contributed by atoms with Crippen LogP contribution in [0.25, 0.3) is 0 Å². The third kappa shape index (κ3) is 9.55. The number of allylic oxidation sites excluding steroid dienone is 4. The first-order valence-corrected chi connectivity index (χ1v) is 8.40. The predicted octanol–water partition coefficient (Wildman–Crippen LogP) is 6.24. The van der Waals surface area contributed by atoms with Gasteiger partial charge >= 0.3 is 0 Å². The first-order chi connectivity index (χ1) is 9.68. The minimum atomic E-state index is 0.281. The summed E-state index contributed by atoms with van der Waals surface area (Å²) in [4.78, 5) is 0. The van der Waals surface area contributed by atoms with Crippen molar-refractivity contribution in [1.29, 1.82) is 0 Å². The molecule has 1 N–H and O–H groups in total. The Kier molecular flexibility index (Phi) is 9.41. The van der Waals surface area contributed by atoms with Crippen molar-refractivity contribution in [3.63, 3.8) is 0 Å². The third-order valence-corrected chi connectivity index (χ3v) is 4.07. The average Bonchev–Trinajstić information content (AvgIpc) is 2.38. The van der Waals surface area contributed by atoms with Crippen LogP contribution in [0.1, 0.15) is 74.7 Å². The van der Waals surface area contributed by atoms with E-state index in [1.807, 2.05) is 0 Å². The molecule has 0 fully saturated rings. The van der Waals surface area contributed by atoms with Gasteiger partial charge in [0.25, 0.3) is 0 Å². The Labute approximate surface area is 133 Å². The van der Waals surface area contributed by atoms with Gasteiger partial charge in [-0.05, 0) is 63.6 Å². The molecule has 0 unspecified atom stereocenters. The van der Waals surface area contributed by atoms with Crippen molar-refractivity contribution in [2.45, 2.75) is 74.7 Å². The van der Waals surface area contributed by atoms with Crippen molar-refractivity contribution in [2.24, 2.45) is 11.3 Å². The highest BCUT2D eigenvalue weighted by atomic mass is 14.8. The lowest BCUT2D eigenvalue weighted by molar-refractivity contribution is 0.479. The fourth-order valence-corrected chi connectivity index (χ4v) is 2.27. The summed E-state index contributed by atoms with van der Waals surface area (Å²) in [7, 11) is 0. The molecule has 0 saturated heterocycles. The molecule has 0 aromatic carbocycles. The van der Waals surface area contributed by atoms with Gasteiger partial charge < -0.3 is 5.32 Å². The van der Waals surface area contributed by atoms with Crippen LogP contribution >= 0.6 is 0 Å². The van der Waals surface area contributed by atoms with E-state index in [1.165, 1.54) is 29.6 Å². The molecule has 0 rings (SSSR count). The van der Waals surface area contributed by atoms with Crippen LogP contribution in [0.3, 0.4) is 0 Å². The maximum absolute atomic E-state index is 3.42. The molecule has 0 aromatic rings. The van der Waals surface area contributed by atoms with Crippen molar-refractivity contribution in [3.05, 3.63) is 35.1 Å². The fourth-order valence-electron chi connectivity index (χ4n) is 2.27. The minimum Gasteiger partial charge on any atom is -0.391 e. The Hall–Kier alpha value is -0.980. The van der Waals surface area contributed by atoms with Gasteiger partial charge in [0.05, 0.1) is 0 Å². The van der Waals surface area contributed by atoms with E-state index in [-0.39, 0.29) is 5.41 Å². The molecule has 0 heterocycles. The molecule has 0 saturated carbocycles.